The Kier molecular flexibility index (Phi) is 7.38. The van der Waals surface area contributed by atoms with Crippen LogP contribution in [0.2, 0.25) is 0 Å². The lowest BCUT2D eigenvalue weighted by Crippen LogP contribution is -2.47. The maximum atomic E-state index is 13.4. The van der Waals surface area contributed by atoms with Crippen LogP contribution in [0.25, 0.3) is 0 Å². The van der Waals surface area contributed by atoms with E-state index >= 15 is 0 Å². The number of hydrogen-bond acceptors (Lipinski definition) is 8. The lowest BCUT2D eigenvalue weighted by atomic mass is 9.83. The first kappa shape index (κ1) is 26.7. The van der Waals surface area contributed by atoms with Crippen molar-refractivity contribution in [1.29, 1.82) is 0 Å². The van der Waals surface area contributed by atoms with E-state index in [-0.39, 0.29) is 35.7 Å². The van der Waals surface area contributed by atoms with E-state index in [1.165, 1.54) is 29.6 Å². The van der Waals surface area contributed by atoms with Gasteiger partial charge in [-0.3, -0.25) is 4.79 Å². The van der Waals surface area contributed by atoms with Gasteiger partial charge in [0.05, 0.1) is 45.6 Å². The molecule has 2 aliphatic rings. The number of sulfonamides is 1. The highest BCUT2D eigenvalue weighted by Crippen LogP contribution is 2.38. The van der Waals surface area contributed by atoms with Crippen LogP contribution < -0.4 is 18.9 Å². The van der Waals surface area contributed by atoms with Crippen molar-refractivity contribution in [2.45, 2.75) is 37.6 Å². The van der Waals surface area contributed by atoms with E-state index in [0.717, 1.165) is 5.56 Å². The lowest BCUT2D eigenvalue weighted by molar-refractivity contribution is -0.137. The standard InChI is InChI=1S/C26H33N3O7S/c1-26(2)24(17-7-9-20(34-4)22(15-17)36-6)27-29(25(26)30)18-11-13-28(14-12-18)37(31,32)23-16-19(33-3)8-10-21(23)35-5/h7-10,15-16,18H,11-14H2,1-6H3. The average Bonchev–Trinajstić information content (AvgIpc) is 3.16. The van der Waals surface area contributed by atoms with Crippen LogP contribution in [-0.4, -0.2) is 76.9 Å². The topological polar surface area (TPSA) is 107 Å². The van der Waals surface area contributed by atoms with Crippen LogP contribution in [0.1, 0.15) is 32.3 Å². The molecule has 0 aromatic heterocycles. The second-order valence-corrected chi connectivity index (χ2v) is 11.4. The zero-order valence-electron chi connectivity index (χ0n) is 22.0. The van der Waals surface area contributed by atoms with Gasteiger partial charge in [-0.05, 0) is 57.0 Å². The van der Waals surface area contributed by atoms with Crippen LogP contribution in [0.4, 0.5) is 0 Å². The van der Waals surface area contributed by atoms with E-state index in [1.54, 1.807) is 32.4 Å². The van der Waals surface area contributed by atoms with Crippen molar-refractivity contribution in [1.82, 2.24) is 9.31 Å². The summed E-state index contributed by atoms with van der Waals surface area (Å²) >= 11 is 0. The summed E-state index contributed by atoms with van der Waals surface area (Å²) in [7, 11) is 2.21. The molecule has 1 amide bonds. The minimum Gasteiger partial charge on any atom is -0.497 e. The SMILES string of the molecule is COc1ccc(OC)c(S(=O)(=O)N2CCC(N3N=C(c4ccc(OC)c(OC)c4)C(C)(C)C3=O)CC2)c1. The number of hydrazone groups is 1. The molecule has 1 fully saturated rings. The smallest absolute Gasteiger partial charge is 0.254 e. The molecule has 2 aliphatic heterocycles. The summed E-state index contributed by atoms with van der Waals surface area (Å²) in [6.07, 6.45) is 0.909. The molecule has 0 atom stereocenters. The Morgan fingerprint density at radius 2 is 1.49 bits per heavy atom. The van der Waals surface area contributed by atoms with Crippen molar-refractivity contribution < 1.29 is 32.2 Å². The van der Waals surface area contributed by atoms with Crippen LogP contribution in [0.3, 0.4) is 0 Å². The molecular weight excluding hydrogens is 498 g/mol. The number of carbonyl (C=O) groups is 1. The number of amides is 1. The van der Waals surface area contributed by atoms with Gasteiger partial charge in [0.25, 0.3) is 5.91 Å². The molecule has 10 nitrogen and oxygen atoms in total. The minimum absolute atomic E-state index is 0.0555. The summed E-state index contributed by atoms with van der Waals surface area (Å²) in [6.45, 7) is 4.19. The zero-order chi connectivity index (χ0) is 27.0. The molecule has 2 aromatic rings. The highest BCUT2D eigenvalue weighted by Gasteiger charge is 2.47. The molecule has 37 heavy (non-hydrogen) atoms. The number of carbonyl (C=O) groups excluding carboxylic acids is 1. The van der Waals surface area contributed by atoms with Crippen molar-refractivity contribution in [3.63, 3.8) is 0 Å². The Morgan fingerprint density at radius 1 is 0.865 bits per heavy atom. The zero-order valence-corrected chi connectivity index (χ0v) is 22.8. The molecule has 0 aliphatic carbocycles. The summed E-state index contributed by atoms with van der Waals surface area (Å²) in [5.74, 6) is 1.70. The number of rotatable bonds is 8. The average molecular weight is 532 g/mol. The maximum absolute atomic E-state index is 13.4. The summed E-state index contributed by atoms with van der Waals surface area (Å²) in [5, 5.41) is 6.27. The van der Waals surface area contributed by atoms with E-state index in [2.05, 4.69) is 0 Å². The van der Waals surface area contributed by atoms with E-state index in [1.807, 2.05) is 26.0 Å². The van der Waals surface area contributed by atoms with Gasteiger partial charge in [-0.1, -0.05) is 0 Å². The molecule has 0 radical (unpaired) electrons. The molecule has 11 heteroatoms. The van der Waals surface area contributed by atoms with Gasteiger partial charge in [0, 0.05) is 24.7 Å². The summed E-state index contributed by atoms with van der Waals surface area (Å²) in [5.41, 5.74) is 0.551. The first-order chi connectivity index (χ1) is 17.6. The molecule has 0 bridgehead atoms. The largest absolute Gasteiger partial charge is 0.497 e. The van der Waals surface area contributed by atoms with Gasteiger partial charge in [-0.15, -0.1) is 0 Å². The van der Waals surface area contributed by atoms with E-state index in [9.17, 15) is 13.2 Å². The Hall–Kier alpha value is -3.31. The number of methoxy groups -OCH3 is 4. The Balaban J connectivity index is 1.56. The fraction of sp³-hybridized carbons (Fsp3) is 0.462. The third-order valence-electron chi connectivity index (χ3n) is 6.96. The van der Waals surface area contributed by atoms with E-state index < -0.39 is 15.4 Å². The number of ether oxygens (including phenoxy) is 4. The molecule has 0 N–H and O–H groups in total. The number of nitrogens with zero attached hydrogens (tertiary/aromatic N) is 3. The van der Waals surface area contributed by atoms with E-state index in [4.69, 9.17) is 24.0 Å². The van der Waals surface area contributed by atoms with Gasteiger partial charge < -0.3 is 18.9 Å². The summed E-state index contributed by atoms with van der Waals surface area (Å²) in [4.78, 5) is 13.5. The molecule has 1 saturated heterocycles. The second kappa shape index (κ2) is 10.2. The first-order valence-corrected chi connectivity index (χ1v) is 13.4. The first-order valence-electron chi connectivity index (χ1n) is 12.0. The minimum atomic E-state index is -3.83. The molecular formula is C26H33N3O7S. The van der Waals surface area contributed by atoms with Crippen molar-refractivity contribution in [2.24, 2.45) is 10.5 Å². The van der Waals surface area contributed by atoms with Gasteiger partial charge in [0.1, 0.15) is 16.4 Å². The molecule has 200 valence electrons. The van der Waals surface area contributed by atoms with Gasteiger partial charge in [-0.2, -0.15) is 9.41 Å². The van der Waals surface area contributed by atoms with Gasteiger partial charge in [0.15, 0.2) is 11.5 Å². The lowest BCUT2D eigenvalue weighted by Gasteiger charge is -2.35. The number of benzene rings is 2. The Morgan fingerprint density at radius 3 is 2.08 bits per heavy atom. The van der Waals surface area contributed by atoms with Crippen LogP contribution in [0, 0.1) is 5.41 Å². The normalized spacial score (nSPS) is 18.5. The fourth-order valence-electron chi connectivity index (χ4n) is 4.77. The fourth-order valence-corrected chi connectivity index (χ4v) is 6.41. The maximum Gasteiger partial charge on any atom is 0.254 e. The Bertz CT molecular complexity index is 1320. The number of piperidine rings is 1. The highest BCUT2D eigenvalue weighted by molar-refractivity contribution is 7.89. The predicted molar refractivity (Wildman–Crippen MR) is 138 cm³/mol. The molecule has 2 heterocycles. The van der Waals surface area contributed by atoms with Crippen molar-refractivity contribution in [3.8, 4) is 23.0 Å². The van der Waals surface area contributed by atoms with Crippen molar-refractivity contribution >= 4 is 21.6 Å². The third kappa shape index (κ3) is 4.73. The van der Waals surface area contributed by atoms with Crippen LogP contribution in [0.15, 0.2) is 46.4 Å². The molecule has 4 rings (SSSR count). The van der Waals surface area contributed by atoms with Crippen molar-refractivity contribution in [2.75, 3.05) is 41.5 Å². The molecule has 0 unspecified atom stereocenters. The summed E-state index contributed by atoms with van der Waals surface area (Å²) < 4.78 is 49.6. The van der Waals surface area contributed by atoms with Gasteiger partial charge in [-0.25, -0.2) is 13.4 Å². The van der Waals surface area contributed by atoms with Crippen LogP contribution >= 0.6 is 0 Å². The van der Waals surface area contributed by atoms with Crippen LogP contribution in [0.5, 0.6) is 23.0 Å². The number of hydrogen-bond donors (Lipinski definition) is 0. The monoisotopic (exact) mass is 531 g/mol. The highest BCUT2D eigenvalue weighted by atomic mass is 32.2. The van der Waals surface area contributed by atoms with E-state index in [0.29, 0.717) is 35.8 Å². The quantitative estimate of drug-likeness (QED) is 0.515. The predicted octanol–water partition coefficient (Wildman–Crippen LogP) is 3.15. The molecule has 2 aromatic carbocycles. The third-order valence-corrected chi connectivity index (χ3v) is 8.88. The Labute approximate surface area is 217 Å². The molecule has 0 spiro atoms. The van der Waals surface area contributed by atoms with Crippen molar-refractivity contribution in [3.05, 3.63) is 42.0 Å². The molecule has 0 saturated carbocycles. The summed E-state index contributed by atoms with van der Waals surface area (Å²) in [6, 6.07) is 9.93. The van der Waals surface area contributed by atoms with Gasteiger partial charge in [0.2, 0.25) is 10.0 Å². The van der Waals surface area contributed by atoms with Crippen LogP contribution in [-0.2, 0) is 14.8 Å². The second-order valence-electron chi connectivity index (χ2n) is 9.45. The van der Waals surface area contributed by atoms with Gasteiger partial charge >= 0.3 is 0 Å².